The van der Waals surface area contributed by atoms with Crippen LogP contribution in [0.3, 0.4) is 0 Å². The van der Waals surface area contributed by atoms with E-state index in [1.165, 1.54) is 58.7 Å². The van der Waals surface area contributed by atoms with Crippen molar-refractivity contribution in [3.8, 4) is 0 Å². The molecule has 3 amide bonds. The highest BCUT2D eigenvalue weighted by molar-refractivity contribution is 8.01. The van der Waals surface area contributed by atoms with Gasteiger partial charge in [-0.1, -0.05) is 11.8 Å². The van der Waals surface area contributed by atoms with Crippen molar-refractivity contribution in [2.75, 3.05) is 23.4 Å². The van der Waals surface area contributed by atoms with Crippen molar-refractivity contribution in [1.29, 1.82) is 0 Å². The van der Waals surface area contributed by atoms with Gasteiger partial charge in [0, 0.05) is 23.5 Å². The summed E-state index contributed by atoms with van der Waals surface area (Å²) >= 11 is 3.85. The van der Waals surface area contributed by atoms with Gasteiger partial charge in [0.05, 0.1) is 30.0 Å². The maximum Gasteiger partial charge on any atom is 0.234 e. The van der Waals surface area contributed by atoms with Crippen LogP contribution in [-0.2, 0) is 27.2 Å². The maximum absolute atomic E-state index is 12.9. The molecule has 0 unspecified atom stereocenters. The lowest BCUT2D eigenvalue weighted by molar-refractivity contribution is -0.120. The molecule has 0 bridgehead atoms. The van der Waals surface area contributed by atoms with Crippen LogP contribution in [0.2, 0.25) is 0 Å². The van der Waals surface area contributed by atoms with E-state index in [1.54, 1.807) is 17.8 Å². The van der Waals surface area contributed by atoms with Crippen LogP contribution in [0.15, 0.2) is 39.4 Å². The number of benzene rings is 1. The number of thiazole rings is 2. The second-order valence-corrected chi connectivity index (χ2v) is 9.11. The van der Waals surface area contributed by atoms with Gasteiger partial charge in [0.25, 0.3) is 0 Å². The van der Waals surface area contributed by atoms with Crippen LogP contribution in [0, 0.1) is 5.82 Å². The Morgan fingerprint density at radius 1 is 0.935 bits per heavy atom. The molecule has 0 saturated carbocycles. The molecule has 3 rings (SSSR count). The first-order valence-electron chi connectivity index (χ1n) is 8.98. The number of amides is 3. The predicted molar refractivity (Wildman–Crippen MR) is 120 cm³/mol. The normalized spacial score (nSPS) is 10.5. The van der Waals surface area contributed by atoms with Gasteiger partial charge in [-0.3, -0.25) is 14.4 Å². The number of carbonyl (C=O) groups excluding carboxylic acids is 3. The zero-order valence-corrected chi connectivity index (χ0v) is 18.8. The Bertz CT molecular complexity index is 1070. The SMILES string of the molecule is CNC(=O)Cc1csc(NC(=O)Cc2csc(SCC(=O)Nc3ccc(F)cc3)n2)n1. The molecule has 1 aromatic carbocycles. The predicted octanol–water partition coefficient (Wildman–Crippen LogP) is 2.94. The molecule has 2 heterocycles. The van der Waals surface area contributed by atoms with Crippen molar-refractivity contribution in [3.05, 3.63) is 52.2 Å². The minimum Gasteiger partial charge on any atom is -0.359 e. The summed E-state index contributed by atoms with van der Waals surface area (Å²) in [6, 6.07) is 5.52. The monoisotopic (exact) mass is 479 g/mol. The number of carbonyl (C=O) groups is 3. The van der Waals surface area contributed by atoms with Gasteiger partial charge in [-0.15, -0.1) is 22.7 Å². The second kappa shape index (κ2) is 11.0. The summed E-state index contributed by atoms with van der Waals surface area (Å²) in [6.45, 7) is 0. The van der Waals surface area contributed by atoms with E-state index in [2.05, 4.69) is 25.9 Å². The van der Waals surface area contributed by atoms with Crippen LogP contribution < -0.4 is 16.0 Å². The Labute approximate surface area is 189 Å². The van der Waals surface area contributed by atoms with Crippen molar-refractivity contribution in [3.63, 3.8) is 0 Å². The van der Waals surface area contributed by atoms with E-state index in [9.17, 15) is 18.8 Å². The average molecular weight is 480 g/mol. The summed E-state index contributed by atoms with van der Waals surface area (Å²) in [7, 11) is 1.55. The van der Waals surface area contributed by atoms with Crippen molar-refractivity contribution < 1.29 is 18.8 Å². The number of nitrogens with one attached hydrogen (secondary N) is 3. The van der Waals surface area contributed by atoms with E-state index in [1.807, 2.05) is 0 Å². The number of hydrogen-bond acceptors (Lipinski definition) is 8. The van der Waals surface area contributed by atoms with Crippen LogP contribution in [0.4, 0.5) is 15.2 Å². The summed E-state index contributed by atoms with van der Waals surface area (Å²) in [5.74, 6) is -0.879. The first kappa shape index (κ1) is 22.8. The van der Waals surface area contributed by atoms with E-state index < -0.39 is 0 Å². The molecule has 3 aromatic rings. The van der Waals surface area contributed by atoms with Crippen molar-refractivity contribution in [1.82, 2.24) is 15.3 Å². The Kier molecular flexibility index (Phi) is 8.09. The quantitative estimate of drug-likeness (QED) is 0.407. The van der Waals surface area contributed by atoms with Gasteiger partial charge < -0.3 is 16.0 Å². The van der Waals surface area contributed by atoms with E-state index in [0.29, 0.717) is 26.5 Å². The van der Waals surface area contributed by atoms with Crippen LogP contribution in [0.5, 0.6) is 0 Å². The van der Waals surface area contributed by atoms with Crippen LogP contribution in [0.25, 0.3) is 0 Å². The lowest BCUT2D eigenvalue weighted by Crippen LogP contribution is -2.20. The standard InChI is InChI=1S/C19H18FN5O3S3/c1-21-15(26)6-13-8-29-18(23-13)25-16(27)7-14-9-30-19(24-14)31-10-17(28)22-12-4-2-11(20)3-5-12/h2-5,8-9H,6-7,10H2,1H3,(H,21,26)(H,22,28)(H,23,25,27). The number of anilines is 2. The largest absolute Gasteiger partial charge is 0.359 e. The fraction of sp³-hybridized carbons (Fsp3) is 0.211. The summed E-state index contributed by atoms with van der Waals surface area (Å²) in [6.07, 6.45) is 0.230. The smallest absolute Gasteiger partial charge is 0.234 e. The highest BCUT2D eigenvalue weighted by atomic mass is 32.2. The molecule has 2 aromatic heterocycles. The van der Waals surface area contributed by atoms with Gasteiger partial charge >= 0.3 is 0 Å². The average Bonchev–Trinajstić information content (AvgIpc) is 3.37. The molecule has 0 aliphatic carbocycles. The molecule has 31 heavy (non-hydrogen) atoms. The molecule has 0 atom stereocenters. The fourth-order valence-corrected chi connectivity index (χ4v) is 4.69. The minimum absolute atomic E-state index is 0.0726. The zero-order valence-electron chi connectivity index (χ0n) is 16.3. The molecule has 0 fully saturated rings. The number of likely N-dealkylation sites (N-methyl/N-ethyl adjacent to an activating group) is 1. The van der Waals surface area contributed by atoms with E-state index in [0.717, 1.165) is 0 Å². The number of nitrogens with zero attached hydrogens (tertiary/aromatic N) is 2. The Morgan fingerprint density at radius 3 is 2.35 bits per heavy atom. The Morgan fingerprint density at radius 2 is 1.61 bits per heavy atom. The number of hydrogen-bond donors (Lipinski definition) is 3. The van der Waals surface area contributed by atoms with Gasteiger partial charge in [0.1, 0.15) is 5.82 Å². The molecule has 0 saturated heterocycles. The lowest BCUT2D eigenvalue weighted by Gasteiger charge is -2.03. The van der Waals surface area contributed by atoms with E-state index >= 15 is 0 Å². The first-order valence-corrected chi connectivity index (χ1v) is 11.7. The molecule has 162 valence electrons. The third-order valence-corrected chi connectivity index (χ3v) is 6.62. The van der Waals surface area contributed by atoms with Crippen LogP contribution in [0.1, 0.15) is 11.4 Å². The fourth-order valence-electron chi connectivity index (χ4n) is 2.32. The summed E-state index contributed by atoms with van der Waals surface area (Å²) in [5, 5.41) is 11.8. The second-order valence-electron chi connectivity index (χ2n) is 6.17. The number of halogens is 1. The Balaban J connectivity index is 1.43. The molecular weight excluding hydrogens is 461 g/mol. The van der Waals surface area contributed by atoms with E-state index in [4.69, 9.17) is 0 Å². The van der Waals surface area contributed by atoms with Crippen molar-refractivity contribution >= 4 is 63.0 Å². The summed E-state index contributed by atoms with van der Waals surface area (Å²) in [5.41, 5.74) is 1.70. The first-order chi connectivity index (χ1) is 14.9. The van der Waals surface area contributed by atoms with Crippen molar-refractivity contribution in [2.24, 2.45) is 0 Å². The van der Waals surface area contributed by atoms with Crippen LogP contribution >= 0.6 is 34.4 Å². The number of thioether (sulfide) groups is 1. The molecular formula is C19H18FN5O3S3. The zero-order chi connectivity index (χ0) is 22.2. The van der Waals surface area contributed by atoms with Gasteiger partial charge in [0.2, 0.25) is 17.7 Å². The molecule has 8 nitrogen and oxygen atoms in total. The molecule has 0 radical (unpaired) electrons. The molecule has 0 aliphatic heterocycles. The third kappa shape index (κ3) is 7.42. The Hall–Kier alpha value is -2.83. The third-order valence-electron chi connectivity index (χ3n) is 3.75. The molecule has 3 N–H and O–H groups in total. The van der Waals surface area contributed by atoms with Gasteiger partial charge in [0.15, 0.2) is 9.47 Å². The topological polar surface area (TPSA) is 113 Å². The maximum atomic E-state index is 12.9. The number of rotatable bonds is 9. The lowest BCUT2D eigenvalue weighted by atomic mass is 10.3. The van der Waals surface area contributed by atoms with Crippen LogP contribution in [-0.4, -0.2) is 40.5 Å². The molecule has 0 aliphatic rings. The summed E-state index contributed by atoms with van der Waals surface area (Å²) < 4.78 is 13.6. The highest BCUT2D eigenvalue weighted by Crippen LogP contribution is 2.23. The molecule has 0 spiro atoms. The minimum atomic E-state index is -0.370. The van der Waals surface area contributed by atoms with Gasteiger partial charge in [-0.2, -0.15) is 0 Å². The highest BCUT2D eigenvalue weighted by Gasteiger charge is 2.13. The van der Waals surface area contributed by atoms with Gasteiger partial charge in [-0.25, -0.2) is 14.4 Å². The van der Waals surface area contributed by atoms with E-state index in [-0.39, 0.29) is 42.1 Å². The van der Waals surface area contributed by atoms with Crippen molar-refractivity contribution in [2.45, 2.75) is 17.2 Å². The van der Waals surface area contributed by atoms with Gasteiger partial charge in [-0.05, 0) is 24.3 Å². The molecule has 12 heteroatoms. The summed E-state index contributed by atoms with van der Waals surface area (Å²) in [4.78, 5) is 44.2. The number of aromatic nitrogens is 2.